The zero-order chi connectivity index (χ0) is 23.4. The topological polar surface area (TPSA) is 57.3 Å². The molecule has 0 unspecified atom stereocenters. The number of methoxy groups -OCH3 is 3. The molecule has 4 rings (SSSR count). The normalized spacial score (nSPS) is 12.1. The molecule has 0 N–H and O–H groups in total. The SMILES string of the molecule is COc1ccc2cc(-c3csc(=NC(C)C)n3N=Cc3ccc(OC)c(OC)c3)ccc2c1. The number of hydrogen-bond donors (Lipinski definition) is 0. The molecule has 3 aromatic carbocycles. The molecule has 6 nitrogen and oxygen atoms in total. The third-order valence-electron chi connectivity index (χ3n) is 5.13. The molecule has 1 aromatic heterocycles. The van der Waals surface area contributed by atoms with Crippen LogP contribution in [0, 0.1) is 0 Å². The van der Waals surface area contributed by atoms with E-state index in [9.17, 15) is 0 Å². The summed E-state index contributed by atoms with van der Waals surface area (Å²) < 4.78 is 18.0. The second kappa shape index (κ2) is 9.92. The molecule has 4 aromatic rings. The van der Waals surface area contributed by atoms with E-state index in [2.05, 4.69) is 43.5 Å². The minimum atomic E-state index is 0.156. The van der Waals surface area contributed by atoms with Gasteiger partial charge in [0, 0.05) is 17.0 Å². The maximum Gasteiger partial charge on any atom is 0.206 e. The standard InChI is InChI=1S/C26H27N3O3S/c1-17(2)28-26-29(27-15-18-6-11-24(31-4)25(12-18)32-5)23(16-33-26)21-8-7-20-14-22(30-3)10-9-19(20)13-21/h6-17H,1-5H3. The second-order valence-electron chi connectivity index (χ2n) is 7.73. The Bertz CT molecular complexity index is 1370. The van der Waals surface area contributed by atoms with Gasteiger partial charge in [-0.05, 0) is 66.6 Å². The number of benzene rings is 3. The Hall–Kier alpha value is -3.58. The molecule has 0 bridgehead atoms. The molecule has 0 fully saturated rings. The zero-order valence-electron chi connectivity index (χ0n) is 19.4. The first-order valence-electron chi connectivity index (χ1n) is 10.6. The third kappa shape index (κ3) is 4.93. The van der Waals surface area contributed by atoms with Crippen LogP contribution < -0.4 is 19.0 Å². The lowest BCUT2D eigenvalue weighted by atomic mass is 10.1. The van der Waals surface area contributed by atoms with Gasteiger partial charge in [-0.15, -0.1) is 11.3 Å². The van der Waals surface area contributed by atoms with Gasteiger partial charge in [0.15, 0.2) is 11.5 Å². The Kier molecular flexibility index (Phi) is 6.79. The van der Waals surface area contributed by atoms with E-state index >= 15 is 0 Å². The summed E-state index contributed by atoms with van der Waals surface area (Å²) in [5.41, 5.74) is 2.95. The Morgan fingerprint density at radius 1 is 0.848 bits per heavy atom. The molecule has 0 radical (unpaired) electrons. The van der Waals surface area contributed by atoms with Crippen molar-refractivity contribution < 1.29 is 14.2 Å². The third-order valence-corrected chi connectivity index (χ3v) is 5.96. The van der Waals surface area contributed by atoms with E-state index < -0.39 is 0 Å². The van der Waals surface area contributed by atoms with Gasteiger partial charge in [0.2, 0.25) is 4.80 Å². The average molecular weight is 462 g/mol. The largest absolute Gasteiger partial charge is 0.497 e. The van der Waals surface area contributed by atoms with Gasteiger partial charge in [0.05, 0.1) is 33.2 Å². The Morgan fingerprint density at radius 2 is 1.61 bits per heavy atom. The molecule has 0 saturated heterocycles. The zero-order valence-corrected chi connectivity index (χ0v) is 20.2. The summed E-state index contributed by atoms with van der Waals surface area (Å²) in [6.07, 6.45) is 1.81. The van der Waals surface area contributed by atoms with Gasteiger partial charge in [-0.25, -0.2) is 4.68 Å². The number of thiazole rings is 1. The van der Waals surface area contributed by atoms with Crippen molar-refractivity contribution in [1.29, 1.82) is 0 Å². The van der Waals surface area contributed by atoms with Gasteiger partial charge in [-0.2, -0.15) is 5.10 Å². The van der Waals surface area contributed by atoms with Gasteiger partial charge in [0.1, 0.15) is 5.75 Å². The predicted molar refractivity (Wildman–Crippen MR) is 135 cm³/mol. The first kappa shape index (κ1) is 22.6. The highest BCUT2D eigenvalue weighted by Crippen LogP contribution is 2.29. The maximum absolute atomic E-state index is 5.42. The summed E-state index contributed by atoms with van der Waals surface area (Å²) >= 11 is 1.58. The van der Waals surface area contributed by atoms with E-state index in [1.165, 1.54) is 0 Å². The monoisotopic (exact) mass is 461 g/mol. The van der Waals surface area contributed by atoms with Crippen molar-refractivity contribution in [3.8, 4) is 28.5 Å². The summed E-state index contributed by atoms with van der Waals surface area (Å²) in [6, 6.07) is 18.3. The molecule has 0 aliphatic rings. The van der Waals surface area contributed by atoms with Crippen LogP contribution in [0.5, 0.6) is 17.2 Å². The molecule has 0 amide bonds. The van der Waals surface area contributed by atoms with Crippen molar-refractivity contribution in [1.82, 2.24) is 4.68 Å². The van der Waals surface area contributed by atoms with E-state index in [1.807, 2.05) is 41.2 Å². The Balaban J connectivity index is 1.79. The highest BCUT2D eigenvalue weighted by atomic mass is 32.1. The minimum Gasteiger partial charge on any atom is -0.497 e. The van der Waals surface area contributed by atoms with Crippen molar-refractivity contribution in [3.05, 3.63) is 70.3 Å². The highest BCUT2D eigenvalue weighted by Gasteiger charge is 2.10. The lowest BCUT2D eigenvalue weighted by molar-refractivity contribution is 0.355. The first-order valence-corrected chi connectivity index (χ1v) is 11.5. The summed E-state index contributed by atoms with van der Waals surface area (Å²) in [5, 5.41) is 9.15. The average Bonchev–Trinajstić information content (AvgIpc) is 3.23. The van der Waals surface area contributed by atoms with Crippen LogP contribution >= 0.6 is 11.3 Å². The van der Waals surface area contributed by atoms with Crippen LogP contribution in [0.15, 0.2) is 70.1 Å². The Labute approximate surface area is 197 Å². The van der Waals surface area contributed by atoms with Gasteiger partial charge in [-0.3, -0.25) is 4.99 Å². The Morgan fingerprint density at radius 3 is 2.33 bits per heavy atom. The van der Waals surface area contributed by atoms with Gasteiger partial charge < -0.3 is 14.2 Å². The van der Waals surface area contributed by atoms with Crippen LogP contribution in [0.3, 0.4) is 0 Å². The molecule has 170 valence electrons. The lowest BCUT2D eigenvalue weighted by Crippen LogP contribution is -2.14. The number of fused-ring (bicyclic) bond motifs is 1. The smallest absolute Gasteiger partial charge is 0.206 e. The van der Waals surface area contributed by atoms with E-state index in [0.29, 0.717) is 11.5 Å². The molecular formula is C26H27N3O3S. The number of rotatable bonds is 7. The van der Waals surface area contributed by atoms with Crippen molar-refractivity contribution in [2.45, 2.75) is 19.9 Å². The summed E-state index contributed by atoms with van der Waals surface area (Å²) in [4.78, 5) is 5.61. The van der Waals surface area contributed by atoms with Gasteiger partial charge in [-0.1, -0.05) is 18.2 Å². The molecular weight excluding hydrogens is 434 g/mol. The number of nitrogens with zero attached hydrogens (tertiary/aromatic N) is 3. The fraction of sp³-hybridized carbons (Fsp3) is 0.231. The second-order valence-corrected chi connectivity index (χ2v) is 8.56. The fourth-order valence-corrected chi connectivity index (χ4v) is 4.46. The van der Waals surface area contributed by atoms with Crippen LogP contribution in [-0.2, 0) is 0 Å². The van der Waals surface area contributed by atoms with Crippen LogP contribution in [0.25, 0.3) is 22.0 Å². The summed E-state index contributed by atoms with van der Waals surface area (Å²) in [5.74, 6) is 2.19. The molecule has 1 heterocycles. The van der Waals surface area contributed by atoms with E-state index in [1.54, 1.807) is 32.7 Å². The quantitative estimate of drug-likeness (QED) is 0.337. The molecule has 0 aliphatic heterocycles. The van der Waals surface area contributed by atoms with Crippen LogP contribution in [0.4, 0.5) is 0 Å². The summed E-state index contributed by atoms with van der Waals surface area (Å²) in [7, 11) is 4.93. The molecule has 0 atom stereocenters. The van der Waals surface area contributed by atoms with Crippen LogP contribution in [0.1, 0.15) is 19.4 Å². The van der Waals surface area contributed by atoms with Crippen LogP contribution in [-0.4, -0.2) is 38.3 Å². The highest BCUT2D eigenvalue weighted by molar-refractivity contribution is 7.07. The fourth-order valence-electron chi connectivity index (χ4n) is 3.49. The van der Waals surface area contributed by atoms with Gasteiger partial charge in [0.25, 0.3) is 0 Å². The van der Waals surface area contributed by atoms with E-state index in [4.69, 9.17) is 24.3 Å². The summed E-state index contributed by atoms with van der Waals surface area (Å²) in [6.45, 7) is 4.12. The van der Waals surface area contributed by atoms with Crippen molar-refractivity contribution >= 4 is 28.3 Å². The van der Waals surface area contributed by atoms with Crippen molar-refractivity contribution in [2.24, 2.45) is 10.1 Å². The number of hydrogen-bond acceptors (Lipinski definition) is 6. The van der Waals surface area contributed by atoms with Crippen molar-refractivity contribution in [3.63, 3.8) is 0 Å². The molecule has 0 spiro atoms. The predicted octanol–water partition coefficient (Wildman–Crippen LogP) is 5.59. The maximum atomic E-state index is 5.42. The van der Waals surface area contributed by atoms with E-state index in [-0.39, 0.29) is 6.04 Å². The van der Waals surface area contributed by atoms with Crippen LogP contribution in [0.2, 0.25) is 0 Å². The first-order chi connectivity index (χ1) is 16.0. The lowest BCUT2D eigenvalue weighted by Gasteiger charge is -2.08. The minimum absolute atomic E-state index is 0.156. The van der Waals surface area contributed by atoms with Gasteiger partial charge >= 0.3 is 0 Å². The van der Waals surface area contributed by atoms with E-state index in [0.717, 1.165) is 38.1 Å². The molecule has 33 heavy (non-hydrogen) atoms. The number of aromatic nitrogens is 1. The molecule has 0 saturated carbocycles. The number of ether oxygens (including phenoxy) is 3. The van der Waals surface area contributed by atoms with Crippen molar-refractivity contribution in [2.75, 3.05) is 21.3 Å². The molecule has 0 aliphatic carbocycles. The molecule has 7 heteroatoms.